The van der Waals surface area contributed by atoms with E-state index in [1.165, 1.54) is 10.4 Å². The molecule has 1 aromatic carbocycles. The average Bonchev–Trinajstić information content (AvgIpc) is 3.28. The number of amides is 1. The van der Waals surface area contributed by atoms with Gasteiger partial charge in [0.1, 0.15) is 5.01 Å². The molecule has 3 rings (SSSR count). The van der Waals surface area contributed by atoms with Crippen LogP contribution in [-0.4, -0.2) is 22.8 Å². The van der Waals surface area contributed by atoms with Gasteiger partial charge < -0.3 is 5.32 Å². The fourth-order valence-corrected chi connectivity index (χ4v) is 4.25. The van der Waals surface area contributed by atoms with Crippen molar-refractivity contribution in [2.75, 3.05) is 12.4 Å². The maximum absolute atomic E-state index is 12.2. The van der Waals surface area contributed by atoms with Crippen LogP contribution in [0.1, 0.15) is 34.1 Å². The normalized spacial score (nSPS) is 12.3. The molecule has 4 nitrogen and oxygen atoms in total. The molecule has 0 aliphatic carbocycles. The standard InChI is InChI=1S/C20H23N3OS2/c1-14-6-8-16(9-7-14)21-19(24)11-20-22-17(13-26-20)12-23(3)15(2)18-5-4-10-25-18/h4-10,13,15H,11-12H2,1-3H3,(H,21,24). The molecule has 1 amide bonds. The Kier molecular flexibility index (Phi) is 6.19. The van der Waals surface area contributed by atoms with Gasteiger partial charge in [-0.3, -0.25) is 9.69 Å². The second kappa shape index (κ2) is 8.58. The number of rotatable bonds is 7. The van der Waals surface area contributed by atoms with E-state index in [0.29, 0.717) is 12.5 Å². The molecule has 1 unspecified atom stereocenters. The molecule has 2 aromatic heterocycles. The summed E-state index contributed by atoms with van der Waals surface area (Å²) in [5, 5.41) is 7.92. The zero-order valence-electron chi connectivity index (χ0n) is 15.2. The van der Waals surface area contributed by atoms with E-state index in [1.54, 1.807) is 22.7 Å². The number of aromatic nitrogens is 1. The maximum Gasteiger partial charge on any atom is 0.231 e. The van der Waals surface area contributed by atoms with Crippen molar-refractivity contribution in [1.29, 1.82) is 0 Å². The minimum atomic E-state index is -0.0324. The third kappa shape index (κ3) is 5.00. The van der Waals surface area contributed by atoms with Crippen LogP contribution in [0.3, 0.4) is 0 Å². The van der Waals surface area contributed by atoms with Gasteiger partial charge >= 0.3 is 0 Å². The van der Waals surface area contributed by atoms with E-state index in [1.807, 2.05) is 36.6 Å². The van der Waals surface area contributed by atoms with E-state index in [2.05, 4.69) is 46.7 Å². The van der Waals surface area contributed by atoms with Crippen molar-refractivity contribution in [1.82, 2.24) is 9.88 Å². The summed E-state index contributed by atoms with van der Waals surface area (Å²) in [4.78, 5) is 20.5. The van der Waals surface area contributed by atoms with E-state index in [-0.39, 0.29) is 5.91 Å². The van der Waals surface area contributed by atoms with Crippen molar-refractivity contribution in [3.05, 3.63) is 68.3 Å². The van der Waals surface area contributed by atoms with Crippen molar-refractivity contribution in [3.63, 3.8) is 0 Å². The van der Waals surface area contributed by atoms with Crippen LogP contribution < -0.4 is 5.32 Å². The topological polar surface area (TPSA) is 45.2 Å². The summed E-state index contributed by atoms with van der Waals surface area (Å²) in [5.74, 6) is -0.0324. The maximum atomic E-state index is 12.2. The predicted octanol–water partition coefficient (Wildman–Crippen LogP) is 4.89. The fourth-order valence-electron chi connectivity index (χ4n) is 2.62. The highest BCUT2D eigenvalue weighted by atomic mass is 32.1. The van der Waals surface area contributed by atoms with Gasteiger partial charge in [0.2, 0.25) is 5.91 Å². The number of hydrogen-bond acceptors (Lipinski definition) is 5. The number of thiazole rings is 1. The number of benzene rings is 1. The number of carbonyl (C=O) groups is 1. The first-order valence-electron chi connectivity index (χ1n) is 8.54. The van der Waals surface area contributed by atoms with Crippen molar-refractivity contribution in [3.8, 4) is 0 Å². The summed E-state index contributed by atoms with van der Waals surface area (Å²) < 4.78 is 0. The molecule has 0 spiro atoms. The van der Waals surface area contributed by atoms with Crippen LogP contribution in [-0.2, 0) is 17.8 Å². The van der Waals surface area contributed by atoms with E-state index < -0.39 is 0 Å². The summed E-state index contributed by atoms with van der Waals surface area (Å²) in [5.41, 5.74) is 3.01. The highest BCUT2D eigenvalue weighted by Gasteiger charge is 2.15. The number of nitrogens with one attached hydrogen (secondary N) is 1. The van der Waals surface area contributed by atoms with Crippen molar-refractivity contribution >= 4 is 34.3 Å². The zero-order chi connectivity index (χ0) is 18.5. The Hall–Kier alpha value is -2.02. The van der Waals surface area contributed by atoms with E-state index >= 15 is 0 Å². The monoisotopic (exact) mass is 385 g/mol. The summed E-state index contributed by atoms with van der Waals surface area (Å²) in [6.45, 7) is 5.00. The lowest BCUT2D eigenvalue weighted by Crippen LogP contribution is -2.21. The zero-order valence-corrected chi connectivity index (χ0v) is 16.9. The molecule has 136 valence electrons. The highest BCUT2D eigenvalue weighted by Crippen LogP contribution is 2.25. The molecule has 0 fully saturated rings. The van der Waals surface area contributed by atoms with E-state index in [0.717, 1.165) is 22.9 Å². The number of carbonyl (C=O) groups excluding carboxylic acids is 1. The van der Waals surface area contributed by atoms with E-state index in [4.69, 9.17) is 0 Å². The molecule has 1 atom stereocenters. The Morgan fingerprint density at radius 1 is 1.23 bits per heavy atom. The Morgan fingerprint density at radius 2 is 2.00 bits per heavy atom. The molecular weight excluding hydrogens is 362 g/mol. The summed E-state index contributed by atoms with van der Waals surface area (Å²) in [7, 11) is 2.10. The molecule has 0 bridgehead atoms. The quantitative estimate of drug-likeness (QED) is 0.630. The lowest BCUT2D eigenvalue weighted by molar-refractivity contribution is -0.115. The van der Waals surface area contributed by atoms with Crippen molar-refractivity contribution in [2.24, 2.45) is 0 Å². The van der Waals surface area contributed by atoms with Gasteiger partial charge in [-0.25, -0.2) is 4.98 Å². The van der Waals surface area contributed by atoms with Gasteiger partial charge in [-0.05, 0) is 44.5 Å². The number of thiophene rings is 1. The third-order valence-electron chi connectivity index (χ3n) is 4.27. The number of nitrogens with zero attached hydrogens (tertiary/aromatic N) is 2. The largest absolute Gasteiger partial charge is 0.326 e. The molecule has 0 aliphatic rings. The predicted molar refractivity (Wildman–Crippen MR) is 110 cm³/mol. The second-order valence-electron chi connectivity index (χ2n) is 6.43. The van der Waals surface area contributed by atoms with Gasteiger partial charge in [0.25, 0.3) is 0 Å². The summed E-state index contributed by atoms with van der Waals surface area (Å²) >= 11 is 3.32. The molecule has 1 N–H and O–H groups in total. The van der Waals surface area contributed by atoms with Gasteiger partial charge in [-0.2, -0.15) is 0 Å². The summed E-state index contributed by atoms with van der Waals surface area (Å²) in [6.07, 6.45) is 0.308. The molecule has 3 aromatic rings. The molecule has 2 heterocycles. The first-order chi connectivity index (χ1) is 12.5. The first kappa shape index (κ1) is 18.8. The molecule has 0 saturated carbocycles. The van der Waals surface area contributed by atoms with Crippen LogP contribution in [0.2, 0.25) is 0 Å². The van der Waals surface area contributed by atoms with Crippen molar-refractivity contribution in [2.45, 2.75) is 32.9 Å². The molecule has 0 aliphatic heterocycles. The molecular formula is C20H23N3OS2. The molecule has 0 radical (unpaired) electrons. The van der Waals surface area contributed by atoms with Gasteiger partial charge in [-0.15, -0.1) is 22.7 Å². The number of hydrogen-bond donors (Lipinski definition) is 1. The fraction of sp³-hybridized carbons (Fsp3) is 0.300. The lowest BCUT2D eigenvalue weighted by atomic mass is 10.2. The Bertz CT molecular complexity index is 840. The van der Waals surface area contributed by atoms with Gasteiger partial charge in [0.15, 0.2) is 0 Å². The van der Waals surface area contributed by atoms with Gasteiger partial charge in [0, 0.05) is 28.5 Å². The number of aryl methyl sites for hydroxylation is 1. The Morgan fingerprint density at radius 3 is 2.69 bits per heavy atom. The van der Waals surface area contributed by atoms with Crippen LogP contribution in [0, 0.1) is 6.92 Å². The molecule has 6 heteroatoms. The lowest BCUT2D eigenvalue weighted by Gasteiger charge is -2.22. The third-order valence-corrected chi connectivity index (χ3v) is 6.21. The van der Waals surface area contributed by atoms with Crippen LogP contribution in [0.25, 0.3) is 0 Å². The number of anilines is 1. The Balaban J connectivity index is 1.54. The summed E-state index contributed by atoms with van der Waals surface area (Å²) in [6, 6.07) is 12.4. The second-order valence-corrected chi connectivity index (χ2v) is 8.35. The molecule has 0 saturated heterocycles. The first-order valence-corrected chi connectivity index (χ1v) is 10.3. The average molecular weight is 386 g/mol. The minimum absolute atomic E-state index is 0.0324. The van der Waals surface area contributed by atoms with E-state index in [9.17, 15) is 4.79 Å². The van der Waals surface area contributed by atoms with Crippen LogP contribution in [0.15, 0.2) is 47.2 Å². The van der Waals surface area contributed by atoms with Crippen LogP contribution in [0.5, 0.6) is 0 Å². The smallest absolute Gasteiger partial charge is 0.231 e. The van der Waals surface area contributed by atoms with Gasteiger partial charge in [-0.1, -0.05) is 23.8 Å². The van der Waals surface area contributed by atoms with Crippen molar-refractivity contribution < 1.29 is 4.79 Å². The van der Waals surface area contributed by atoms with Gasteiger partial charge in [0.05, 0.1) is 12.1 Å². The highest BCUT2D eigenvalue weighted by molar-refractivity contribution is 7.10. The van der Waals surface area contributed by atoms with Crippen LogP contribution in [0.4, 0.5) is 5.69 Å². The van der Waals surface area contributed by atoms with Crippen LogP contribution >= 0.6 is 22.7 Å². The molecule has 26 heavy (non-hydrogen) atoms. The Labute approximate surface area is 162 Å². The minimum Gasteiger partial charge on any atom is -0.326 e. The SMILES string of the molecule is Cc1ccc(NC(=O)Cc2nc(CN(C)C(C)c3cccs3)cs2)cc1.